The Morgan fingerprint density at radius 2 is 2.31 bits per heavy atom. The average Bonchev–Trinajstić information content (AvgIpc) is 2.35. The highest BCUT2D eigenvalue weighted by Gasteiger charge is 2.19. The Morgan fingerprint density at radius 3 is 3.12 bits per heavy atom. The Balaban J connectivity index is 2.01. The van der Waals surface area contributed by atoms with Crippen LogP contribution in [0.3, 0.4) is 0 Å². The van der Waals surface area contributed by atoms with Crippen molar-refractivity contribution in [3.05, 3.63) is 35.4 Å². The molecule has 1 N–H and O–H groups in total. The second-order valence-corrected chi connectivity index (χ2v) is 5.50. The van der Waals surface area contributed by atoms with E-state index in [0.717, 1.165) is 19.8 Å². The topological polar surface area (TPSA) is 21.3 Å². The van der Waals surface area contributed by atoms with Crippen LogP contribution in [-0.4, -0.2) is 24.7 Å². The van der Waals surface area contributed by atoms with Crippen LogP contribution in [0.5, 0.6) is 0 Å². The summed E-state index contributed by atoms with van der Waals surface area (Å²) in [7, 11) is 0. The van der Waals surface area contributed by atoms with Crippen molar-refractivity contribution in [2.24, 2.45) is 0 Å². The van der Waals surface area contributed by atoms with Crippen LogP contribution < -0.4 is 5.32 Å². The van der Waals surface area contributed by atoms with Gasteiger partial charge in [0.1, 0.15) is 0 Å². The second kappa shape index (κ2) is 5.71. The molecule has 1 heterocycles. The van der Waals surface area contributed by atoms with Crippen molar-refractivity contribution in [1.82, 2.24) is 5.32 Å². The molecule has 0 fully saturated rings. The SMILES string of the molecule is CSC(C)CNC1COCc2ccccc21. The molecule has 0 spiro atoms. The number of fused-ring (bicyclic) bond motifs is 1. The number of hydrogen-bond donors (Lipinski definition) is 1. The van der Waals surface area contributed by atoms with Crippen LogP contribution in [0.15, 0.2) is 24.3 Å². The van der Waals surface area contributed by atoms with Gasteiger partial charge in [0, 0.05) is 11.8 Å². The molecule has 0 aliphatic carbocycles. The molecule has 1 aliphatic rings. The summed E-state index contributed by atoms with van der Waals surface area (Å²) in [5, 5.41) is 4.23. The lowest BCUT2D eigenvalue weighted by molar-refractivity contribution is 0.0824. The summed E-state index contributed by atoms with van der Waals surface area (Å²) in [4.78, 5) is 0. The third kappa shape index (κ3) is 2.78. The molecule has 3 heteroatoms. The first-order chi connectivity index (χ1) is 7.81. The van der Waals surface area contributed by atoms with E-state index in [1.54, 1.807) is 0 Å². The monoisotopic (exact) mass is 237 g/mol. The molecule has 1 aliphatic heterocycles. The predicted molar refractivity (Wildman–Crippen MR) is 69.8 cm³/mol. The van der Waals surface area contributed by atoms with Crippen molar-refractivity contribution < 1.29 is 4.74 Å². The molecular formula is C13H19NOS. The third-order valence-electron chi connectivity index (χ3n) is 3.03. The van der Waals surface area contributed by atoms with Crippen molar-refractivity contribution in [3.63, 3.8) is 0 Å². The molecule has 0 radical (unpaired) electrons. The Kier molecular flexibility index (Phi) is 4.27. The average molecular weight is 237 g/mol. The number of thioether (sulfide) groups is 1. The molecule has 2 unspecified atom stereocenters. The lowest BCUT2D eigenvalue weighted by Crippen LogP contribution is -2.33. The lowest BCUT2D eigenvalue weighted by Gasteiger charge is -2.27. The van der Waals surface area contributed by atoms with Gasteiger partial charge in [-0.2, -0.15) is 11.8 Å². The Labute approximate surface area is 102 Å². The minimum absolute atomic E-state index is 0.361. The van der Waals surface area contributed by atoms with E-state index < -0.39 is 0 Å². The molecule has 2 rings (SSSR count). The Hall–Kier alpha value is -0.510. The van der Waals surface area contributed by atoms with Crippen LogP contribution in [0.4, 0.5) is 0 Å². The summed E-state index contributed by atoms with van der Waals surface area (Å²) in [6.07, 6.45) is 2.15. The van der Waals surface area contributed by atoms with Gasteiger partial charge in [0.2, 0.25) is 0 Å². The summed E-state index contributed by atoms with van der Waals surface area (Å²) in [6.45, 7) is 4.82. The number of rotatable bonds is 4. The highest BCUT2D eigenvalue weighted by Crippen LogP contribution is 2.24. The number of hydrogen-bond acceptors (Lipinski definition) is 3. The van der Waals surface area contributed by atoms with Crippen molar-refractivity contribution in [2.75, 3.05) is 19.4 Å². The number of ether oxygens (including phenoxy) is 1. The zero-order valence-corrected chi connectivity index (χ0v) is 10.7. The fourth-order valence-corrected chi connectivity index (χ4v) is 2.21. The van der Waals surface area contributed by atoms with Gasteiger partial charge in [0.05, 0.1) is 19.3 Å². The lowest BCUT2D eigenvalue weighted by atomic mass is 9.99. The van der Waals surface area contributed by atoms with Gasteiger partial charge in [0.15, 0.2) is 0 Å². The normalized spacial score (nSPS) is 21.5. The van der Waals surface area contributed by atoms with Crippen molar-refractivity contribution in [1.29, 1.82) is 0 Å². The van der Waals surface area contributed by atoms with Gasteiger partial charge in [-0.05, 0) is 17.4 Å². The molecule has 88 valence electrons. The van der Waals surface area contributed by atoms with Gasteiger partial charge >= 0.3 is 0 Å². The summed E-state index contributed by atoms with van der Waals surface area (Å²) in [5.41, 5.74) is 2.73. The van der Waals surface area contributed by atoms with Gasteiger partial charge in [-0.15, -0.1) is 0 Å². The first-order valence-corrected chi connectivity index (χ1v) is 7.01. The van der Waals surface area contributed by atoms with Crippen LogP contribution >= 0.6 is 11.8 Å². The van der Waals surface area contributed by atoms with E-state index in [1.165, 1.54) is 11.1 Å². The van der Waals surface area contributed by atoms with E-state index in [2.05, 4.69) is 42.8 Å². The minimum Gasteiger partial charge on any atom is -0.375 e. The number of nitrogens with one attached hydrogen (secondary N) is 1. The molecule has 16 heavy (non-hydrogen) atoms. The standard InChI is InChI=1S/C13H19NOS/c1-10(16-2)7-14-13-9-15-8-11-5-3-4-6-12(11)13/h3-6,10,13-14H,7-9H2,1-2H3. The zero-order chi connectivity index (χ0) is 11.4. The van der Waals surface area contributed by atoms with Gasteiger partial charge in [-0.25, -0.2) is 0 Å². The van der Waals surface area contributed by atoms with E-state index in [-0.39, 0.29) is 0 Å². The summed E-state index contributed by atoms with van der Waals surface area (Å²) < 4.78 is 5.61. The first kappa shape index (κ1) is 12.0. The first-order valence-electron chi connectivity index (χ1n) is 5.73. The Morgan fingerprint density at radius 1 is 1.50 bits per heavy atom. The molecule has 1 aromatic rings. The van der Waals surface area contributed by atoms with E-state index >= 15 is 0 Å². The van der Waals surface area contributed by atoms with Crippen LogP contribution in [0.25, 0.3) is 0 Å². The van der Waals surface area contributed by atoms with Crippen LogP contribution in [0, 0.1) is 0 Å². The highest BCUT2D eigenvalue weighted by atomic mass is 32.2. The summed E-state index contributed by atoms with van der Waals surface area (Å²) in [6, 6.07) is 8.91. The molecule has 0 saturated carbocycles. The van der Waals surface area contributed by atoms with Crippen LogP contribution in [0.2, 0.25) is 0 Å². The molecule has 0 saturated heterocycles. The smallest absolute Gasteiger partial charge is 0.0721 e. The Bertz CT molecular complexity index is 342. The van der Waals surface area contributed by atoms with Crippen LogP contribution in [0.1, 0.15) is 24.1 Å². The maximum Gasteiger partial charge on any atom is 0.0721 e. The molecular weight excluding hydrogens is 218 g/mol. The highest BCUT2D eigenvalue weighted by molar-refractivity contribution is 7.99. The fraction of sp³-hybridized carbons (Fsp3) is 0.538. The quantitative estimate of drug-likeness (QED) is 0.869. The second-order valence-electron chi connectivity index (χ2n) is 4.22. The predicted octanol–water partition coefficient (Wildman–Crippen LogP) is 2.60. The molecule has 0 aromatic heterocycles. The van der Waals surface area contributed by atoms with Gasteiger partial charge in [-0.1, -0.05) is 31.2 Å². The molecule has 0 bridgehead atoms. The minimum atomic E-state index is 0.361. The maximum absolute atomic E-state index is 5.61. The van der Waals surface area contributed by atoms with Crippen molar-refractivity contribution in [3.8, 4) is 0 Å². The fourth-order valence-electron chi connectivity index (χ4n) is 1.94. The molecule has 2 nitrogen and oxygen atoms in total. The van der Waals surface area contributed by atoms with Crippen molar-refractivity contribution >= 4 is 11.8 Å². The number of benzene rings is 1. The maximum atomic E-state index is 5.61. The molecule has 1 aromatic carbocycles. The molecule has 0 amide bonds. The van der Waals surface area contributed by atoms with Gasteiger partial charge in [0.25, 0.3) is 0 Å². The van der Waals surface area contributed by atoms with E-state index in [1.807, 2.05) is 11.8 Å². The van der Waals surface area contributed by atoms with Gasteiger partial charge in [-0.3, -0.25) is 0 Å². The zero-order valence-electron chi connectivity index (χ0n) is 9.90. The van der Waals surface area contributed by atoms with Crippen molar-refractivity contribution in [2.45, 2.75) is 24.8 Å². The third-order valence-corrected chi connectivity index (χ3v) is 4.00. The van der Waals surface area contributed by atoms with E-state index in [9.17, 15) is 0 Å². The largest absolute Gasteiger partial charge is 0.375 e. The summed E-state index contributed by atoms with van der Waals surface area (Å²) >= 11 is 1.89. The summed E-state index contributed by atoms with van der Waals surface area (Å²) in [5.74, 6) is 0. The van der Waals surface area contributed by atoms with E-state index in [4.69, 9.17) is 4.74 Å². The van der Waals surface area contributed by atoms with E-state index in [0.29, 0.717) is 11.3 Å². The van der Waals surface area contributed by atoms with Gasteiger partial charge < -0.3 is 10.1 Å². The van der Waals surface area contributed by atoms with Crippen LogP contribution in [-0.2, 0) is 11.3 Å². The molecule has 2 atom stereocenters.